The number of carbonyl (C=O) groups excluding carboxylic acids is 1. The number of ether oxygens (including phenoxy) is 1. The Morgan fingerprint density at radius 1 is 0.931 bits per heavy atom. The van der Waals surface area contributed by atoms with E-state index in [4.69, 9.17) is 4.74 Å². The summed E-state index contributed by atoms with van der Waals surface area (Å²) in [4.78, 5) is 12.0. The van der Waals surface area contributed by atoms with Crippen LogP contribution in [0.15, 0.2) is 12.1 Å². The van der Waals surface area contributed by atoms with Crippen molar-refractivity contribution in [2.75, 3.05) is 6.61 Å². The highest BCUT2D eigenvalue weighted by molar-refractivity contribution is 5.69. The molecule has 0 heterocycles. The Morgan fingerprint density at radius 3 is 2.03 bits per heavy atom. The SMILES string of the molecule is CCCCCCCCCCCCOC(=O)CCc1cc(C)c(O)c(C(C)(C)C)c1. The molecule has 0 saturated heterocycles. The smallest absolute Gasteiger partial charge is 0.306 e. The van der Waals surface area contributed by atoms with E-state index in [2.05, 4.69) is 27.7 Å². The van der Waals surface area contributed by atoms with Crippen molar-refractivity contribution in [2.24, 2.45) is 0 Å². The largest absolute Gasteiger partial charge is 0.507 e. The fraction of sp³-hybridized carbons (Fsp3) is 0.731. The monoisotopic (exact) mass is 404 g/mol. The van der Waals surface area contributed by atoms with Crippen LogP contribution in [0, 0.1) is 6.92 Å². The molecule has 0 spiro atoms. The number of aromatic hydroxyl groups is 1. The lowest BCUT2D eigenvalue weighted by atomic mass is 9.83. The van der Waals surface area contributed by atoms with Gasteiger partial charge in [0.25, 0.3) is 0 Å². The fourth-order valence-electron chi connectivity index (χ4n) is 3.66. The zero-order valence-corrected chi connectivity index (χ0v) is 19.6. The van der Waals surface area contributed by atoms with E-state index in [1.54, 1.807) is 0 Å². The van der Waals surface area contributed by atoms with Gasteiger partial charge in [-0.15, -0.1) is 0 Å². The summed E-state index contributed by atoms with van der Waals surface area (Å²) in [6.07, 6.45) is 13.9. The number of aryl methyl sites for hydroxylation is 2. The first kappa shape index (κ1) is 25.5. The summed E-state index contributed by atoms with van der Waals surface area (Å²) in [6.45, 7) is 11.0. The Morgan fingerprint density at radius 2 is 1.48 bits per heavy atom. The first-order chi connectivity index (χ1) is 13.8. The minimum Gasteiger partial charge on any atom is -0.507 e. The highest BCUT2D eigenvalue weighted by atomic mass is 16.5. The van der Waals surface area contributed by atoms with Gasteiger partial charge in [0.15, 0.2) is 0 Å². The van der Waals surface area contributed by atoms with Crippen LogP contribution in [0.4, 0.5) is 0 Å². The molecule has 3 heteroatoms. The maximum Gasteiger partial charge on any atom is 0.306 e. The zero-order chi connectivity index (χ0) is 21.7. The third kappa shape index (κ3) is 10.7. The lowest BCUT2D eigenvalue weighted by Gasteiger charge is -2.22. The third-order valence-electron chi connectivity index (χ3n) is 5.55. The molecular weight excluding hydrogens is 360 g/mol. The summed E-state index contributed by atoms with van der Waals surface area (Å²) in [5.41, 5.74) is 2.76. The van der Waals surface area contributed by atoms with E-state index in [0.29, 0.717) is 25.2 Å². The maximum absolute atomic E-state index is 12.0. The minimum atomic E-state index is -0.124. The van der Waals surface area contributed by atoms with Crippen LogP contribution < -0.4 is 0 Å². The van der Waals surface area contributed by atoms with Crippen molar-refractivity contribution in [1.82, 2.24) is 0 Å². The lowest BCUT2D eigenvalue weighted by Crippen LogP contribution is -2.13. The van der Waals surface area contributed by atoms with Crippen molar-refractivity contribution in [1.29, 1.82) is 0 Å². The molecule has 0 radical (unpaired) electrons. The standard InChI is InChI=1S/C26H44O3/c1-6-7-8-9-10-11-12-13-14-15-18-29-24(27)17-16-22-19-21(2)25(28)23(20-22)26(3,4)5/h19-20,28H,6-18H2,1-5H3. The van der Waals surface area contributed by atoms with Gasteiger partial charge in [-0.1, -0.05) is 97.6 Å². The Bertz CT molecular complexity index is 599. The number of phenolic OH excluding ortho intramolecular Hbond substituents is 1. The van der Waals surface area contributed by atoms with Crippen LogP contribution in [0.1, 0.15) is 115 Å². The van der Waals surface area contributed by atoms with Gasteiger partial charge in [-0.3, -0.25) is 4.79 Å². The molecule has 1 aromatic carbocycles. The number of benzene rings is 1. The van der Waals surface area contributed by atoms with Gasteiger partial charge in [0.05, 0.1) is 6.61 Å². The van der Waals surface area contributed by atoms with Crippen molar-refractivity contribution in [3.8, 4) is 5.75 Å². The maximum atomic E-state index is 12.0. The molecule has 0 aliphatic rings. The summed E-state index contributed by atoms with van der Waals surface area (Å²) in [5.74, 6) is 0.244. The van der Waals surface area contributed by atoms with Crippen LogP contribution in [0.25, 0.3) is 0 Å². The molecular formula is C26H44O3. The molecule has 1 N–H and O–H groups in total. The molecule has 1 rings (SSSR count). The van der Waals surface area contributed by atoms with E-state index in [9.17, 15) is 9.90 Å². The lowest BCUT2D eigenvalue weighted by molar-refractivity contribution is -0.143. The Hall–Kier alpha value is -1.51. The summed E-state index contributed by atoms with van der Waals surface area (Å²) in [7, 11) is 0. The molecule has 166 valence electrons. The number of rotatable bonds is 14. The Kier molecular flexibility index (Phi) is 12.0. The normalized spacial score (nSPS) is 11.6. The van der Waals surface area contributed by atoms with Gasteiger partial charge in [-0.2, -0.15) is 0 Å². The van der Waals surface area contributed by atoms with Crippen LogP contribution in [0.5, 0.6) is 5.75 Å². The van der Waals surface area contributed by atoms with Gasteiger partial charge in [0.2, 0.25) is 0 Å². The van der Waals surface area contributed by atoms with Gasteiger partial charge in [-0.25, -0.2) is 0 Å². The van der Waals surface area contributed by atoms with Crippen LogP contribution in [0.3, 0.4) is 0 Å². The van der Waals surface area contributed by atoms with Gasteiger partial charge < -0.3 is 9.84 Å². The average Bonchev–Trinajstić information content (AvgIpc) is 2.66. The molecule has 0 aliphatic carbocycles. The Balaban J connectivity index is 2.18. The van der Waals surface area contributed by atoms with Crippen molar-refractivity contribution in [3.05, 3.63) is 28.8 Å². The molecule has 0 saturated carbocycles. The van der Waals surface area contributed by atoms with E-state index in [-0.39, 0.29) is 11.4 Å². The van der Waals surface area contributed by atoms with E-state index < -0.39 is 0 Å². The number of unbranched alkanes of at least 4 members (excludes halogenated alkanes) is 9. The van der Waals surface area contributed by atoms with Gasteiger partial charge in [0, 0.05) is 6.42 Å². The van der Waals surface area contributed by atoms with Crippen LogP contribution >= 0.6 is 0 Å². The first-order valence-corrected chi connectivity index (χ1v) is 11.7. The first-order valence-electron chi connectivity index (χ1n) is 11.7. The minimum absolute atomic E-state index is 0.121. The molecule has 0 fully saturated rings. The van der Waals surface area contributed by atoms with E-state index in [1.807, 2.05) is 19.1 Å². The number of carbonyl (C=O) groups is 1. The van der Waals surface area contributed by atoms with Gasteiger partial charge in [-0.05, 0) is 41.9 Å². The van der Waals surface area contributed by atoms with Crippen LogP contribution in [0.2, 0.25) is 0 Å². The topological polar surface area (TPSA) is 46.5 Å². The summed E-state index contributed by atoms with van der Waals surface area (Å²) in [6, 6.07) is 4.00. The zero-order valence-electron chi connectivity index (χ0n) is 19.6. The molecule has 1 aromatic rings. The van der Waals surface area contributed by atoms with E-state index in [1.165, 1.54) is 51.4 Å². The Labute approximate surface area is 179 Å². The van der Waals surface area contributed by atoms with Crippen LogP contribution in [-0.4, -0.2) is 17.7 Å². The molecule has 3 nitrogen and oxygen atoms in total. The molecule has 0 aromatic heterocycles. The predicted octanol–water partition coefficient (Wildman–Crippen LogP) is 7.39. The average molecular weight is 405 g/mol. The van der Waals surface area contributed by atoms with Crippen molar-refractivity contribution in [3.63, 3.8) is 0 Å². The summed E-state index contributed by atoms with van der Waals surface area (Å²) >= 11 is 0. The molecule has 0 unspecified atom stereocenters. The van der Waals surface area contributed by atoms with E-state index in [0.717, 1.165) is 29.5 Å². The molecule has 0 amide bonds. The summed E-state index contributed by atoms with van der Waals surface area (Å²) in [5, 5.41) is 10.3. The number of hydrogen-bond acceptors (Lipinski definition) is 3. The van der Waals surface area contributed by atoms with Crippen molar-refractivity contribution in [2.45, 2.75) is 117 Å². The summed E-state index contributed by atoms with van der Waals surface area (Å²) < 4.78 is 5.40. The second-order valence-corrected chi connectivity index (χ2v) is 9.46. The van der Waals surface area contributed by atoms with Crippen molar-refractivity contribution >= 4 is 5.97 Å². The van der Waals surface area contributed by atoms with Gasteiger partial charge >= 0.3 is 5.97 Å². The molecule has 0 aliphatic heterocycles. The number of hydrogen-bond donors (Lipinski definition) is 1. The number of phenols is 1. The van der Waals surface area contributed by atoms with Gasteiger partial charge in [0.1, 0.15) is 5.75 Å². The second kappa shape index (κ2) is 13.7. The third-order valence-corrected chi connectivity index (χ3v) is 5.55. The molecule has 29 heavy (non-hydrogen) atoms. The molecule has 0 atom stereocenters. The quantitative estimate of drug-likeness (QED) is 0.260. The highest BCUT2D eigenvalue weighted by Gasteiger charge is 2.20. The van der Waals surface area contributed by atoms with Crippen LogP contribution in [-0.2, 0) is 21.4 Å². The highest BCUT2D eigenvalue weighted by Crippen LogP contribution is 2.34. The number of esters is 1. The van der Waals surface area contributed by atoms with Crippen molar-refractivity contribution < 1.29 is 14.6 Å². The van der Waals surface area contributed by atoms with E-state index >= 15 is 0 Å². The fourth-order valence-corrected chi connectivity index (χ4v) is 3.66. The predicted molar refractivity (Wildman–Crippen MR) is 123 cm³/mol. The molecule has 0 bridgehead atoms. The second-order valence-electron chi connectivity index (χ2n) is 9.46.